The van der Waals surface area contributed by atoms with Crippen LogP contribution in [0.15, 0.2) is 12.3 Å². The highest BCUT2D eigenvalue weighted by molar-refractivity contribution is 5.96. The maximum atomic E-state index is 11.8. The summed E-state index contributed by atoms with van der Waals surface area (Å²) in [5.74, 6) is -1.45. The van der Waals surface area contributed by atoms with Crippen LogP contribution in [0, 0.1) is 10.1 Å². The van der Waals surface area contributed by atoms with Gasteiger partial charge in [0.1, 0.15) is 23.6 Å². The van der Waals surface area contributed by atoms with Gasteiger partial charge in [0.05, 0.1) is 4.92 Å². The van der Waals surface area contributed by atoms with Crippen molar-refractivity contribution in [2.45, 2.75) is 19.4 Å². The van der Waals surface area contributed by atoms with Crippen molar-refractivity contribution < 1.29 is 19.6 Å². The summed E-state index contributed by atoms with van der Waals surface area (Å²) in [5, 5.41) is 22.7. The number of hydrogen-bond acceptors (Lipinski definition) is 6. The third kappa shape index (κ3) is 2.76. The molecule has 2 N–H and O–H groups in total. The summed E-state index contributed by atoms with van der Waals surface area (Å²) in [6, 6.07) is 0.426. The Morgan fingerprint density at radius 2 is 2.38 bits per heavy atom. The molecule has 0 radical (unpaired) electrons. The molecule has 1 unspecified atom stereocenters. The predicted octanol–water partition coefficient (Wildman–Crippen LogP) is 0.403. The van der Waals surface area contributed by atoms with E-state index in [4.69, 9.17) is 0 Å². The first-order valence-corrected chi connectivity index (χ1v) is 6.37. The number of carbonyl (C=O) groups excluding carboxylic acids is 1. The largest absolute Gasteiger partial charge is 0.478 e. The first-order valence-electron chi connectivity index (χ1n) is 6.37. The molecule has 1 aromatic rings. The first kappa shape index (κ1) is 14.7. The number of nitro groups is 1. The van der Waals surface area contributed by atoms with E-state index in [1.807, 2.05) is 0 Å². The molecular formula is C12H14N4O5. The first-order chi connectivity index (χ1) is 9.95. The molecule has 112 valence electrons. The van der Waals surface area contributed by atoms with E-state index < -0.39 is 22.6 Å². The molecular weight excluding hydrogens is 280 g/mol. The Bertz CT molecular complexity index is 603. The molecule has 0 bridgehead atoms. The molecule has 1 aliphatic heterocycles. The van der Waals surface area contributed by atoms with Gasteiger partial charge in [-0.1, -0.05) is 6.92 Å². The van der Waals surface area contributed by atoms with Crippen LogP contribution < -0.4 is 10.2 Å². The van der Waals surface area contributed by atoms with Gasteiger partial charge < -0.3 is 15.3 Å². The van der Waals surface area contributed by atoms with Gasteiger partial charge >= 0.3 is 5.97 Å². The molecule has 0 saturated carbocycles. The lowest BCUT2D eigenvalue weighted by atomic mass is 10.1. The second-order valence-electron chi connectivity index (χ2n) is 4.54. The Morgan fingerprint density at radius 3 is 2.95 bits per heavy atom. The molecule has 9 nitrogen and oxygen atoms in total. The van der Waals surface area contributed by atoms with Gasteiger partial charge in [-0.3, -0.25) is 14.9 Å². The number of amides is 1. The fourth-order valence-corrected chi connectivity index (χ4v) is 2.31. The number of carboxylic acids is 1. The molecule has 1 fully saturated rings. The molecule has 1 atom stereocenters. The summed E-state index contributed by atoms with van der Waals surface area (Å²) in [7, 11) is 0. The zero-order chi connectivity index (χ0) is 15.6. The standard InChI is InChI=1S/C12H14N4O5/c1-2-9-11(17)13-3-4-15(9)10-8(12(18)19)5-7(6-14-10)16(20)21/h5-6,9H,2-4H2,1H3,(H,13,17)(H,18,19). The number of carboxylic acid groups (broad SMARTS) is 1. The van der Waals surface area contributed by atoms with Gasteiger partial charge in [-0.05, 0) is 6.42 Å². The Balaban J connectivity index is 2.49. The normalized spacial score (nSPS) is 18.2. The molecule has 1 amide bonds. The van der Waals surface area contributed by atoms with E-state index in [0.29, 0.717) is 19.5 Å². The number of carbonyl (C=O) groups is 2. The third-order valence-corrected chi connectivity index (χ3v) is 3.28. The molecule has 0 aromatic carbocycles. The van der Waals surface area contributed by atoms with Gasteiger partial charge in [-0.25, -0.2) is 9.78 Å². The number of aromatic carboxylic acids is 1. The minimum atomic E-state index is -1.32. The Morgan fingerprint density at radius 1 is 1.67 bits per heavy atom. The average Bonchev–Trinajstić information content (AvgIpc) is 2.46. The minimum Gasteiger partial charge on any atom is -0.478 e. The molecule has 9 heteroatoms. The van der Waals surface area contributed by atoms with Crippen molar-refractivity contribution >= 4 is 23.4 Å². The van der Waals surface area contributed by atoms with Crippen molar-refractivity contribution in [1.82, 2.24) is 10.3 Å². The van der Waals surface area contributed by atoms with Crippen LogP contribution in [0.25, 0.3) is 0 Å². The number of anilines is 1. The molecule has 2 rings (SSSR count). The Labute approximate surface area is 119 Å². The Kier molecular flexibility index (Phi) is 4.01. The van der Waals surface area contributed by atoms with E-state index in [0.717, 1.165) is 12.3 Å². The monoisotopic (exact) mass is 294 g/mol. The number of nitrogens with zero attached hydrogens (tertiary/aromatic N) is 3. The van der Waals surface area contributed by atoms with E-state index in [9.17, 15) is 24.8 Å². The Hall–Kier alpha value is -2.71. The number of nitrogens with one attached hydrogen (secondary N) is 1. The zero-order valence-corrected chi connectivity index (χ0v) is 11.3. The molecule has 0 spiro atoms. The van der Waals surface area contributed by atoms with Crippen molar-refractivity contribution in [3.05, 3.63) is 27.9 Å². The van der Waals surface area contributed by atoms with Crippen molar-refractivity contribution in [3.63, 3.8) is 0 Å². The predicted molar refractivity (Wildman–Crippen MR) is 72.3 cm³/mol. The molecule has 0 aliphatic carbocycles. The van der Waals surface area contributed by atoms with Gasteiger partial charge in [0.15, 0.2) is 0 Å². The molecule has 1 aromatic heterocycles. The van der Waals surface area contributed by atoms with E-state index in [1.54, 1.807) is 11.8 Å². The van der Waals surface area contributed by atoms with E-state index in [-0.39, 0.29) is 17.3 Å². The van der Waals surface area contributed by atoms with E-state index >= 15 is 0 Å². The number of aromatic nitrogens is 1. The number of pyridine rings is 1. The molecule has 1 saturated heterocycles. The number of rotatable bonds is 4. The summed E-state index contributed by atoms with van der Waals surface area (Å²) in [5.41, 5.74) is -0.678. The zero-order valence-electron chi connectivity index (χ0n) is 11.3. The van der Waals surface area contributed by atoms with Crippen LogP contribution in [-0.2, 0) is 4.79 Å². The SMILES string of the molecule is CCC1C(=O)NCCN1c1ncc([N+](=O)[O-])cc1C(=O)O. The summed E-state index contributed by atoms with van der Waals surface area (Å²) in [6.07, 6.45) is 1.48. The van der Waals surface area contributed by atoms with Crippen molar-refractivity contribution in [3.8, 4) is 0 Å². The summed E-state index contributed by atoms with van der Waals surface area (Å²) in [4.78, 5) is 38.7. The van der Waals surface area contributed by atoms with Crippen LogP contribution in [0.4, 0.5) is 11.5 Å². The highest BCUT2D eigenvalue weighted by Gasteiger charge is 2.32. The van der Waals surface area contributed by atoms with Crippen LogP contribution in [-0.4, -0.2) is 46.0 Å². The van der Waals surface area contributed by atoms with Crippen LogP contribution in [0.2, 0.25) is 0 Å². The van der Waals surface area contributed by atoms with Gasteiger partial charge in [0.2, 0.25) is 5.91 Å². The fourth-order valence-electron chi connectivity index (χ4n) is 2.31. The van der Waals surface area contributed by atoms with Gasteiger partial charge in [0.25, 0.3) is 5.69 Å². The van der Waals surface area contributed by atoms with Crippen LogP contribution in [0.3, 0.4) is 0 Å². The smallest absolute Gasteiger partial charge is 0.339 e. The number of piperazine rings is 1. The van der Waals surface area contributed by atoms with E-state index in [2.05, 4.69) is 10.3 Å². The summed E-state index contributed by atoms with van der Waals surface area (Å²) < 4.78 is 0. The van der Waals surface area contributed by atoms with Crippen molar-refractivity contribution in [2.24, 2.45) is 0 Å². The topological polar surface area (TPSA) is 126 Å². The van der Waals surface area contributed by atoms with Crippen LogP contribution in [0.1, 0.15) is 23.7 Å². The maximum Gasteiger partial charge on any atom is 0.339 e. The number of hydrogen-bond donors (Lipinski definition) is 2. The second-order valence-corrected chi connectivity index (χ2v) is 4.54. The second kappa shape index (κ2) is 5.73. The quantitative estimate of drug-likeness (QED) is 0.608. The third-order valence-electron chi connectivity index (χ3n) is 3.28. The fraction of sp³-hybridized carbons (Fsp3) is 0.417. The van der Waals surface area contributed by atoms with Gasteiger partial charge in [-0.2, -0.15) is 0 Å². The lowest BCUT2D eigenvalue weighted by Gasteiger charge is -2.35. The maximum absolute atomic E-state index is 11.8. The van der Waals surface area contributed by atoms with Crippen LogP contribution >= 0.6 is 0 Å². The van der Waals surface area contributed by atoms with Gasteiger partial charge in [-0.15, -0.1) is 0 Å². The minimum absolute atomic E-state index is 0.0785. The lowest BCUT2D eigenvalue weighted by molar-refractivity contribution is -0.385. The average molecular weight is 294 g/mol. The highest BCUT2D eigenvalue weighted by Crippen LogP contribution is 2.26. The summed E-state index contributed by atoms with van der Waals surface area (Å²) in [6.45, 7) is 2.57. The van der Waals surface area contributed by atoms with E-state index in [1.165, 1.54) is 0 Å². The highest BCUT2D eigenvalue weighted by atomic mass is 16.6. The van der Waals surface area contributed by atoms with Crippen molar-refractivity contribution in [2.75, 3.05) is 18.0 Å². The van der Waals surface area contributed by atoms with Crippen molar-refractivity contribution in [1.29, 1.82) is 0 Å². The lowest BCUT2D eigenvalue weighted by Crippen LogP contribution is -2.55. The molecule has 21 heavy (non-hydrogen) atoms. The molecule has 1 aliphatic rings. The molecule has 2 heterocycles. The summed E-state index contributed by atoms with van der Waals surface area (Å²) >= 11 is 0. The van der Waals surface area contributed by atoms with Gasteiger partial charge in [0, 0.05) is 19.2 Å². The van der Waals surface area contributed by atoms with Crippen LogP contribution in [0.5, 0.6) is 0 Å².